The second-order valence-electron chi connectivity index (χ2n) is 5.61. The van der Waals surface area contributed by atoms with E-state index in [1.165, 1.54) is 5.56 Å². The van der Waals surface area contributed by atoms with Crippen molar-refractivity contribution in [2.24, 2.45) is 0 Å². The Morgan fingerprint density at radius 2 is 1.65 bits per heavy atom. The van der Waals surface area contributed by atoms with Crippen molar-refractivity contribution in [3.63, 3.8) is 0 Å². The van der Waals surface area contributed by atoms with E-state index in [0.29, 0.717) is 6.42 Å². The van der Waals surface area contributed by atoms with Crippen molar-refractivity contribution in [3.05, 3.63) is 60.2 Å². The van der Waals surface area contributed by atoms with Crippen LogP contribution in [0.5, 0.6) is 0 Å². The van der Waals surface area contributed by atoms with Crippen LogP contribution < -0.4 is 16.0 Å². The smallest absolute Gasteiger partial charge is 0.224 e. The van der Waals surface area contributed by atoms with E-state index in [9.17, 15) is 4.79 Å². The van der Waals surface area contributed by atoms with Gasteiger partial charge in [0, 0.05) is 23.8 Å². The third-order valence-electron chi connectivity index (χ3n) is 3.68. The minimum absolute atomic E-state index is 0.0543. The highest BCUT2D eigenvalue weighted by atomic mass is 16.1. The van der Waals surface area contributed by atoms with Crippen LogP contribution in [0.3, 0.4) is 0 Å². The topological polar surface area (TPSA) is 53.2 Å². The van der Waals surface area contributed by atoms with Gasteiger partial charge in [0.1, 0.15) is 0 Å². The van der Waals surface area contributed by atoms with E-state index in [0.717, 1.165) is 24.3 Å². The Labute approximate surface area is 138 Å². The highest BCUT2D eigenvalue weighted by Gasteiger charge is 2.05. The van der Waals surface area contributed by atoms with Crippen LogP contribution in [-0.4, -0.2) is 19.5 Å². The lowest BCUT2D eigenvalue weighted by Gasteiger charge is -2.16. The van der Waals surface area contributed by atoms with Gasteiger partial charge in [0.25, 0.3) is 0 Å². The second-order valence-corrected chi connectivity index (χ2v) is 5.61. The quantitative estimate of drug-likeness (QED) is 0.650. The molecule has 0 aliphatic heterocycles. The summed E-state index contributed by atoms with van der Waals surface area (Å²) in [6.07, 6.45) is 1.38. The molecule has 0 aliphatic rings. The third kappa shape index (κ3) is 5.75. The summed E-state index contributed by atoms with van der Waals surface area (Å²) in [4.78, 5) is 11.8. The van der Waals surface area contributed by atoms with E-state index in [1.54, 1.807) is 0 Å². The molecule has 0 radical (unpaired) electrons. The van der Waals surface area contributed by atoms with E-state index < -0.39 is 0 Å². The Bertz CT molecular complexity index is 596. The average molecular weight is 311 g/mol. The van der Waals surface area contributed by atoms with E-state index in [1.807, 2.05) is 49.5 Å². The molecule has 0 bridgehead atoms. The SMILES string of the molecule is CNCCCC(=O)Nc1ccc(NC(C)c2ccccc2)cc1. The van der Waals surface area contributed by atoms with Crippen molar-refractivity contribution in [2.45, 2.75) is 25.8 Å². The zero-order valence-electron chi connectivity index (χ0n) is 13.8. The van der Waals surface area contributed by atoms with Gasteiger partial charge in [0.2, 0.25) is 5.91 Å². The molecule has 2 aromatic carbocycles. The van der Waals surface area contributed by atoms with Crippen molar-refractivity contribution in [1.82, 2.24) is 5.32 Å². The summed E-state index contributed by atoms with van der Waals surface area (Å²) < 4.78 is 0. The molecule has 0 fully saturated rings. The van der Waals surface area contributed by atoms with E-state index >= 15 is 0 Å². The number of rotatable bonds is 8. The number of benzene rings is 2. The minimum Gasteiger partial charge on any atom is -0.379 e. The molecule has 23 heavy (non-hydrogen) atoms. The normalized spacial score (nSPS) is 11.7. The first-order chi connectivity index (χ1) is 11.2. The fourth-order valence-corrected chi connectivity index (χ4v) is 2.37. The van der Waals surface area contributed by atoms with Crippen LogP contribution in [0.1, 0.15) is 31.4 Å². The third-order valence-corrected chi connectivity index (χ3v) is 3.68. The number of nitrogens with one attached hydrogen (secondary N) is 3. The minimum atomic E-state index is 0.0543. The van der Waals surface area contributed by atoms with Crippen LogP contribution in [0.2, 0.25) is 0 Å². The van der Waals surface area contributed by atoms with Gasteiger partial charge in [-0.15, -0.1) is 0 Å². The first-order valence-electron chi connectivity index (χ1n) is 8.05. The zero-order valence-corrected chi connectivity index (χ0v) is 13.8. The van der Waals surface area contributed by atoms with E-state index in [2.05, 4.69) is 35.0 Å². The lowest BCUT2D eigenvalue weighted by atomic mass is 10.1. The number of hydrogen-bond donors (Lipinski definition) is 3. The Morgan fingerprint density at radius 3 is 2.30 bits per heavy atom. The largest absolute Gasteiger partial charge is 0.379 e. The number of anilines is 2. The molecule has 2 rings (SSSR count). The first-order valence-corrected chi connectivity index (χ1v) is 8.05. The number of hydrogen-bond acceptors (Lipinski definition) is 3. The summed E-state index contributed by atoms with van der Waals surface area (Å²) in [5.74, 6) is 0.0543. The fraction of sp³-hybridized carbons (Fsp3) is 0.316. The first kappa shape index (κ1) is 17.0. The van der Waals surface area contributed by atoms with Crippen LogP contribution in [0.4, 0.5) is 11.4 Å². The Kier molecular flexibility index (Phi) is 6.63. The molecule has 4 nitrogen and oxygen atoms in total. The molecular weight excluding hydrogens is 286 g/mol. The lowest BCUT2D eigenvalue weighted by molar-refractivity contribution is -0.116. The molecule has 2 aromatic rings. The maximum absolute atomic E-state index is 11.8. The molecule has 3 N–H and O–H groups in total. The van der Waals surface area contributed by atoms with Gasteiger partial charge in [-0.3, -0.25) is 4.79 Å². The van der Waals surface area contributed by atoms with Crippen LogP contribution in [0.25, 0.3) is 0 Å². The zero-order chi connectivity index (χ0) is 16.5. The molecule has 1 unspecified atom stereocenters. The molecule has 0 saturated carbocycles. The molecule has 122 valence electrons. The highest BCUT2D eigenvalue weighted by molar-refractivity contribution is 5.90. The molecule has 1 amide bonds. The molecule has 0 aromatic heterocycles. The Balaban J connectivity index is 1.86. The van der Waals surface area contributed by atoms with Crippen LogP contribution in [-0.2, 0) is 4.79 Å². The van der Waals surface area contributed by atoms with Crippen LogP contribution in [0, 0.1) is 0 Å². The molecule has 0 spiro atoms. The number of carbonyl (C=O) groups excluding carboxylic acids is 1. The van der Waals surface area contributed by atoms with Crippen molar-refractivity contribution >= 4 is 17.3 Å². The van der Waals surface area contributed by atoms with Crippen LogP contribution >= 0.6 is 0 Å². The maximum atomic E-state index is 11.8. The van der Waals surface area contributed by atoms with Crippen molar-refractivity contribution in [3.8, 4) is 0 Å². The van der Waals surface area contributed by atoms with E-state index in [4.69, 9.17) is 0 Å². The Morgan fingerprint density at radius 1 is 1.00 bits per heavy atom. The lowest BCUT2D eigenvalue weighted by Crippen LogP contribution is -2.15. The van der Waals surface area contributed by atoms with E-state index in [-0.39, 0.29) is 11.9 Å². The summed E-state index contributed by atoms with van der Waals surface area (Å²) in [6.45, 7) is 2.99. The van der Waals surface area contributed by atoms with Gasteiger partial charge in [-0.05, 0) is 56.8 Å². The van der Waals surface area contributed by atoms with Crippen molar-refractivity contribution in [2.75, 3.05) is 24.2 Å². The fourth-order valence-electron chi connectivity index (χ4n) is 2.37. The van der Waals surface area contributed by atoms with Crippen molar-refractivity contribution < 1.29 is 4.79 Å². The van der Waals surface area contributed by atoms with Gasteiger partial charge in [0.05, 0.1) is 0 Å². The standard InChI is InChI=1S/C19H25N3O/c1-15(16-7-4-3-5-8-16)21-17-10-12-18(13-11-17)22-19(23)9-6-14-20-2/h3-5,7-8,10-13,15,20-21H,6,9,14H2,1-2H3,(H,22,23). The van der Waals surface area contributed by atoms with Gasteiger partial charge in [-0.25, -0.2) is 0 Å². The number of carbonyl (C=O) groups is 1. The summed E-state index contributed by atoms with van der Waals surface area (Å²) in [6, 6.07) is 18.4. The maximum Gasteiger partial charge on any atom is 0.224 e. The summed E-state index contributed by atoms with van der Waals surface area (Å²) >= 11 is 0. The summed E-state index contributed by atoms with van der Waals surface area (Å²) in [7, 11) is 1.89. The Hall–Kier alpha value is -2.33. The monoisotopic (exact) mass is 311 g/mol. The van der Waals surface area contributed by atoms with Gasteiger partial charge in [-0.2, -0.15) is 0 Å². The predicted octanol–water partition coefficient (Wildman–Crippen LogP) is 3.80. The molecule has 0 heterocycles. The average Bonchev–Trinajstić information content (AvgIpc) is 2.57. The molecule has 0 aliphatic carbocycles. The number of amides is 1. The van der Waals surface area contributed by atoms with Crippen LogP contribution in [0.15, 0.2) is 54.6 Å². The molecule has 1 atom stereocenters. The molecule has 4 heteroatoms. The summed E-state index contributed by atoms with van der Waals surface area (Å²) in [5.41, 5.74) is 3.11. The van der Waals surface area contributed by atoms with Gasteiger partial charge < -0.3 is 16.0 Å². The van der Waals surface area contributed by atoms with Crippen molar-refractivity contribution in [1.29, 1.82) is 0 Å². The van der Waals surface area contributed by atoms with Gasteiger partial charge in [-0.1, -0.05) is 30.3 Å². The highest BCUT2D eigenvalue weighted by Crippen LogP contribution is 2.20. The summed E-state index contributed by atoms with van der Waals surface area (Å²) in [5, 5.41) is 9.42. The van der Waals surface area contributed by atoms with Gasteiger partial charge in [0.15, 0.2) is 0 Å². The van der Waals surface area contributed by atoms with Gasteiger partial charge >= 0.3 is 0 Å². The predicted molar refractivity (Wildman–Crippen MR) is 96.7 cm³/mol. The second kappa shape index (κ2) is 8.96. The molecule has 0 saturated heterocycles. The molecular formula is C19H25N3O.